The normalized spacial score (nSPS) is 8.69. The van der Waals surface area contributed by atoms with Crippen molar-refractivity contribution in [3.05, 3.63) is 35.9 Å². The largest absolute Gasteiger partial charge is 1.00 e. The molecule has 0 aliphatic heterocycles. The third-order valence-corrected chi connectivity index (χ3v) is 1.51. The Morgan fingerprint density at radius 1 is 1.15 bits per heavy atom. The van der Waals surface area contributed by atoms with Gasteiger partial charge >= 0.3 is 22.4 Å². The third kappa shape index (κ3) is 4.18. The van der Waals surface area contributed by atoms with Crippen LogP contribution in [0.4, 0.5) is 0 Å². The van der Waals surface area contributed by atoms with E-state index in [0.717, 1.165) is 0 Å². The van der Waals surface area contributed by atoms with Gasteiger partial charge in [0.15, 0.2) is 5.78 Å². The van der Waals surface area contributed by atoms with Gasteiger partial charge in [0.1, 0.15) is 5.78 Å². The Hall–Kier alpha value is -0.700. The first-order valence-corrected chi connectivity index (χ1v) is 3.78. The molecule has 0 spiro atoms. The molecule has 1 aromatic carbocycles. The molecule has 0 atom stereocenters. The van der Waals surface area contributed by atoms with Crippen molar-refractivity contribution >= 4 is 11.6 Å². The minimum absolute atomic E-state index is 0. The van der Waals surface area contributed by atoms with Gasteiger partial charge in [-0.2, -0.15) is 0 Å². The molecule has 0 bridgehead atoms. The van der Waals surface area contributed by atoms with Crippen molar-refractivity contribution in [1.82, 2.24) is 0 Å². The van der Waals surface area contributed by atoms with Crippen LogP contribution < -0.4 is 0 Å². The molecule has 0 aromatic heterocycles. The summed E-state index contributed by atoms with van der Waals surface area (Å²) in [5.74, 6) is -0.202. The Morgan fingerprint density at radius 3 is 2.15 bits per heavy atom. The average Bonchev–Trinajstić information content (AvgIpc) is 2.05. The van der Waals surface area contributed by atoms with Gasteiger partial charge in [0.2, 0.25) is 0 Å². The van der Waals surface area contributed by atoms with Crippen molar-refractivity contribution in [1.29, 1.82) is 0 Å². The minimum atomic E-state index is -0.108. The number of hydrogen-bond donors (Lipinski definition) is 0. The predicted octanol–water partition coefficient (Wildman–Crippen LogP) is 1.85. The molecular weight excluding hydrogens is 260 g/mol. The fraction of sp³-hybridized carbons (Fsp3) is 0.200. The molecule has 0 amide bonds. The van der Waals surface area contributed by atoms with E-state index in [1.54, 1.807) is 24.3 Å². The fourth-order valence-electron chi connectivity index (χ4n) is 0.952. The van der Waals surface area contributed by atoms with E-state index in [0.29, 0.717) is 5.56 Å². The van der Waals surface area contributed by atoms with Crippen molar-refractivity contribution in [2.24, 2.45) is 0 Å². The predicted molar refractivity (Wildman–Crippen MR) is 46.1 cm³/mol. The second-order valence-electron chi connectivity index (χ2n) is 2.67. The van der Waals surface area contributed by atoms with Crippen molar-refractivity contribution in [3.63, 3.8) is 0 Å². The van der Waals surface area contributed by atoms with Gasteiger partial charge in [-0.1, -0.05) is 30.3 Å². The maximum absolute atomic E-state index is 11.2. The maximum Gasteiger partial charge on any atom is 1.00 e. The smallest absolute Gasteiger partial charge is 0.300 e. The first kappa shape index (κ1) is 12.3. The van der Waals surface area contributed by atoms with Crippen LogP contribution in [0.15, 0.2) is 30.3 Å². The quantitative estimate of drug-likeness (QED) is 0.477. The number of carbonyl (C=O) groups excluding carboxylic acids is 2. The fourth-order valence-corrected chi connectivity index (χ4v) is 0.952. The molecule has 72 valence electrons. The van der Waals surface area contributed by atoms with E-state index in [1.807, 2.05) is 6.07 Å². The maximum atomic E-state index is 11.2. The number of hydrogen-bond acceptors (Lipinski definition) is 2. The average molecular weight is 270 g/mol. The summed E-state index contributed by atoms with van der Waals surface area (Å²) in [5.41, 5.74) is 0.604. The standard InChI is InChI=1S/C10H10O2.Ag/c1-8(11)7-10(12)9-5-3-2-4-6-9;/h2-6H,7H2,1H3;/q;+1. The molecular formula is C10H10AgO2+. The number of carbonyl (C=O) groups is 2. The van der Waals surface area contributed by atoms with Gasteiger partial charge in [0, 0.05) is 5.56 Å². The Kier molecular flexibility index (Phi) is 5.55. The van der Waals surface area contributed by atoms with Crippen molar-refractivity contribution in [3.8, 4) is 0 Å². The van der Waals surface area contributed by atoms with Gasteiger partial charge in [-0.05, 0) is 6.92 Å². The van der Waals surface area contributed by atoms with Crippen LogP contribution in [-0.2, 0) is 27.2 Å². The van der Waals surface area contributed by atoms with Gasteiger partial charge in [0.25, 0.3) is 0 Å². The Labute approximate surface area is 92.8 Å². The summed E-state index contributed by atoms with van der Waals surface area (Å²) in [6, 6.07) is 8.84. The molecule has 13 heavy (non-hydrogen) atoms. The molecule has 0 saturated heterocycles. The van der Waals surface area contributed by atoms with Gasteiger partial charge in [-0.25, -0.2) is 0 Å². The second kappa shape index (κ2) is 5.86. The number of rotatable bonds is 3. The molecule has 0 unspecified atom stereocenters. The Balaban J connectivity index is 0.00000144. The van der Waals surface area contributed by atoms with Gasteiger partial charge in [0.05, 0.1) is 6.42 Å². The van der Waals surface area contributed by atoms with Crippen molar-refractivity contribution in [2.75, 3.05) is 0 Å². The second-order valence-corrected chi connectivity index (χ2v) is 2.67. The summed E-state index contributed by atoms with van der Waals surface area (Å²) in [6.07, 6.45) is 0.00398. The van der Waals surface area contributed by atoms with Crippen molar-refractivity contribution < 1.29 is 32.0 Å². The van der Waals surface area contributed by atoms with E-state index in [-0.39, 0.29) is 40.4 Å². The molecule has 1 aromatic rings. The summed E-state index contributed by atoms with van der Waals surface area (Å²) in [7, 11) is 0. The van der Waals surface area contributed by atoms with Crippen LogP contribution in [-0.4, -0.2) is 11.6 Å². The number of Topliss-reactive ketones (excluding diaryl/α,β-unsaturated/α-hetero) is 2. The molecule has 2 nitrogen and oxygen atoms in total. The zero-order valence-electron chi connectivity index (χ0n) is 7.21. The summed E-state index contributed by atoms with van der Waals surface area (Å²) in [6.45, 7) is 1.42. The van der Waals surface area contributed by atoms with E-state index in [1.165, 1.54) is 6.92 Å². The molecule has 1 rings (SSSR count). The van der Waals surface area contributed by atoms with Gasteiger partial charge in [-0.15, -0.1) is 0 Å². The van der Waals surface area contributed by atoms with Crippen LogP contribution >= 0.6 is 0 Å². The molecule has 0 aliphatic rings. The first-order valence-electron chi connectivity index (χ1n) is 3.78. The van der Waals surface area contributed by atoms with Crippen LogP contribution in [0.3, 0.4) is 0 Å². The topological polar surface area (TPSA) is 34.1 Å². The minimum Gasteiger partial charge on any atom is -0.300 e. The van der Waals surface area contributed by atoms with Crippen LogP contribution in [0.5, 0.6) is 0 Å². The molecule has 0 heterocycles. The zero-order valence-corrected chi connectivity index (χ0v) is 8.69. The van der Waals surface area contributed by atoms with E-state index in [9.17, 15) is 9.59 Å². The van der Waals surface area contributed by atoms with E-state index in [2.05, 4.69) is 0 Å². The van der Waals surface area contributed by atoms with E-state index in [4.69, 9.17) is 0 Å². The molecule has 0 N–H and O–H groups in total. The zero-order chi connectivity index (χ0) is 8.97. The third-order valence-electron chi connectivity index (χ3n) is 1.51. The van der Waals surface area contributed by atoms with E-state index >= 15 is 0 Å². The molecule has 3 heteroatoms. The van der Waals surface area contributed by atoms with Crippen LogP contribution in [0.1, 0.15) is 23.7 Å². The van der Waals surface area contributed by atoms with Gasteiger partial charge < -0.3 is 0 Å². The van der Waals surface area contributed by atoms with Crippen LogP contribution in [0.2, 0.25) is 0 Å². The first-order chi connectivity index (χ1) is 5.70. The van der Waals surface area contributed by atoms with E-state index < -0.39 is 0 Å². The summed E-state index contributed by atoms with van der Waals surface area (Å²) in [5, 5.41) is 0. The monoisotopic (exact) mass is 269 g/mol. The molecule has 0 radical (unpaired) electrons. The Bertz CT molecular complexity index is 293. The summed E-state index contributed by atoms with van der Waals surface area (Å²) >= 11 is 0. The van der Waals surface area contributed by atoms with Crippen LogP contribution in [0, 0.1) is 0 Å². The van der Waals surface area contributed by atoms with Gasteiger partial charge in [-0.3, -0.25) is 9.59 Å². The van der Waals surface area contributed by atoms with Crippen molar-refractivity contribution in [2.45, 2.75) is 13.3 Å². The summed E-state index contributed by atoms with van der Waals surface area (Å²) < 4.78 is 0. The summed E-state index contributed by atoms with van der Waals surface area (Å²) in [4.78, 5) is 21.8. The Morgan fingerprint density at radius 2 is 1.69 bits per heavy atom. The molecule has 0 saturated carbocycles. The number of ketones is 2. The SMILES string of the molecule is CC(=O)CC(=O)c1ccccc1.[Ag+]. The molecule has 0 fully saturated rings. The molecule has 0 aliphatic carbocycles. The number of benzene rings is 1. The van der Waals surface area contributed by atoms with Crippen LogP contribution in [0.25, 0.3) is 0 Å².